The molecular formula is C11H24O2. The van der Waals surface area contributed by atoms with Crippen molar-refractivity contribution in [3.63, 3.8) is 0 Å². The quantitative estimate of drug-likeness (QED) is 0.671. The van der Waals surface area contributed by atoms with Gasteiger partial charge < -0.3 is 10.2 Å². The Morgan fingerprint density at radius 3 is 1.23 bits per heavy atom. The summed E-state index contributed by atoms with van der Waals surface area (Å²) in [5.74, 6) is 1.00. The zero-order chi connectivity index (χ0) is 10.4. The minimum Gasteiger partial charge on any atom is -0.393 e. The van der Waals surface area contributed by atoms with Gasteiger partial charge in [-0.1, -0.05) is 27.7 Å². The van der Waals surface area contributed by atoms with E-state index in [2.05, 4.69) is 27.7 Å². The average Bonchev–Trinajstić information content (AvgIpc) is 1.80. The molecule has 0 aliphatic rings. The largest absolute Gasteiger partial charge is 0.393 e. The highest BCUT2D eigenvalue weighted by atomic mass is 16.3. The number of aliphatic hydroxyl groups excluding tert-OH is 2. The zero-order valence-electron chi connectivity index (χ0n) is 9.33. The normalized spacial score (nSPS) is 16.6. The molecule has 2 N–H and O–H groups in total. The summed E-state index contributed by atoms with van der Waals surface area (Å²) >= 11 is 0. The average molecular weight is 188 g/mol. The fourth-order valence-electron chi connectivity index (χ4n) is 1.59. The molecule has 0 aliphatic carbocycles. The Morgan fingerprint density at radius 1 is 0.692 bits per heavy atom. The van der Waals surface area contributed by atoms with Gasteiger partial charge in [-0.15, -0.1) is 0 Å². The fourth-order valence-corrected chi connectivity index (χ4v) is 1.59. The van der Waals surface area contributed by atoms with Crippen LogP contribution in [0.3, 0.4) is 0 Å². The maximum atomic E-state index is 9.54. The molecule has 0 aromatic carbocycles. The van der Waals surface area contributed by atoms with Crippen LogP contribution in [-0.2, 0) is 0 Å². The molecule has 0 radical (unpaired) electrons. The summed E-state index contributed by atoms with van der Waals surface area (Å²) in [4.78, 5) is 0. The third-order valence-corrected chi connectivity index (χ3v) is 2.03. The zero-order valence-corrected chi connectivity index (χ0v) is 9.33. The lowest BCUT2D eigenvalue weighted by Gasteiger charge is -2.18. The van der Waals surface area contributed by atoms with Gasteiger partial charge in [0.15, 0.2) is 0 Å². The molecule has 0 saturated heterocycles. The summed E-state index contributed by atoms with van der Waals surface area (Å²) in [6.07, 6.45) is 1.42. The highest BCUT2D eigenvalue weighted by molar-refractivity contribution is 4.66. The molecule has 0 bridgehead atoms. The molecule has 0 saturated carbocycles. The minimum absolute atomic E-state index is 0.339. The molecule has 0 amide bonds. The van der Waals surface area contributed by atoms with Crippen LogP contribution in [0.1, 0.15) is 47.0 Å². The van der Waals surface area contributed by atoms with Crippen molar-refractivity contribution in [1.82, 2.24) is 0 Å². The predicted molar refractivity (Wildman–Crippen MR) is 55.5 cm³/mol. The van der Waals surface area contributed by atoms with Crippen molar-refractivity contribution in [2.75, 3.05) is 0 Å². The van der Waals surface area contributed by atoms with Gasteiger partial charge in [0.05, 0.1) is 12.2 Å². The van der Waals surface area contributed by atoms with Crippen molar-refractivity contribution in [1.29, 1.82) is 0 Å². The van der Waals surface area contributed by atoms with E-state index in [0.29, 0.717) is 18.3 Å². The molecule has 0 fully saturated rings. The SMILES string of the molecule is CC(C)C[C@@H](O)C[C@H](O)CC(C)C. The lowest BCUT2D eigenvalue weighted by molar-refractivity contribution is 0.0579. The molecule has 2 atom stereocenters. The number of aliphatic hydroxyl groups is 2. The lowest BCUT2D eigenvalue weighted by Crippen LogP contribution is -2.20. The van der Waals surface area contributed by atoms with Crippen LogP contribution in [0.2, 0.25) is 0 Å². The predicted octanol–water partition coefficient (Wildman–Crippen LogP) is 2.19. The second-order valence-electron chi connectivity index (χ2n) is 4.80. The van der Waals surface area contributed by atoms with Crippen molar-refractivity contribution >= 4 is 0 Å². The second-order valence-corrected chi connectivity index (χ2v) is 4.80. The van der Waals surface area contributed by atoms with Gasteiger partial charge in [0.2, 0.25) is 0 Å². The van der Waals surface area contributed by atoms with E-state index in [-0.39, 0.29) is 12.2 Å². The molecular weight excluding hydrogens is 164 g/mol. The molecule has 0 aromatic heterocycles. The Morgan fingerprint density at radius 2 is 1.00 bits per heavy atom. The Balaban J connectivity index is 3.58. The molecule has 0 aromatic rings. The van der Waals surface area contributed by atoms with Crippen LogP contribution in [-0.4, -0.2) is 22.4 Å². The molecule has 0 aliphatic heterocycles. The summed E-state index contributed by atoms with van der Waals surface area (Å²) in [5, 5.41) is 19.1. The van der Waals surface area contributed by atoms with E-state index in [0.717, 1.165) is 12.8 Å². The molecule has 0 rings (SSSR count). The number of rotatable bonds is 6. The first-order valence-corrected chi connectivity index (χ1v) is 5.28. The van der Waals surface area contributed by atoms with Crippen LogP contribution in [0.5, 0.6) is 0 Å². The van der Waals surface area contributed by atoms with E-state index in [1.54, 1.807) is 0 Å². The Bertz CT molecular complexity index is 107. The molecule has 0 heterocycles. The van der Waals surface area contributed by atoms with Crippen molar-refractivity contribution < 1.29 is 10.2 Å². The van der Waals surface area contributed by atoms with E-state index >= 15 is 0 Å². The van der Waals surface area contributed by atoms with E-state index in [1.165, 1.54) is 0 Å². The first-order chi connectivity index (χ1) is 5.91. The molecule has 13 heavy (non-hydrogen) atoms. The summed E-state index contributed by atoms with van der Waals surface area (Å²) < 4.78 is 0. The molecule has 2 heteroatoms. The number of hydrogen-bond acceptors (Lipinski definition) is 2. The van der Waals surface area contributed by atoms with E-state index in [1.807, 2.05) is 0 Å². The Labute approximate surface area is 82.0 Å². The lowest BCUT2D eigenvalue weighted by atomic mass is 9.97. The van der Waals surface area contributed by atoms with Crippen LogP contribution >= 0.6 is 0 Å². The first-order valence-electron chi connectivity index (χ1n) is 5.28. The molecule has 0 spiro atoms. The fraction of sp³-hybridized carbons (Fsp3) is 1.00. The van der Waals surface area contributed by atoms with Gasteiger partial charge in [0.25, 0.3) is 0 Å². The summed E-state index contributed by atoms with van der Waals surface area (Å²) in [6.45, 7) is 8.33. The van der Waals surface area contributed by atoms with E-state index in [4.69, 9.17) is 0 Å². The van der Waals surface area contributed by atoms with Gasteiger partial charge in [-0.05, 0) is 31.1 Å². The van der Waals surface area contributed by atoms with Gasteiger partial charge in [-0.25, -0.2) is 0 Å². The topological polar surface area (TPSA) is 40.5 Å². The van der Waals surface area contributed by atoms with E-state index < -0.39 is 0 Å². The van der Waals surface area contributed by atoms with Crippen molar-refractivity contribution in [3.05, 3.63) is 0 Å². The smallest absolute Gasteiger partial charge is 0.0567 e. The van der Waals surface area contributed by atoms with Crippen LogP contribution in [0.4, 0.5) is 0 Å². The van der Waals surface area contributed by atoms with Gasteiger partial charge in [-0.3, -0.25) is 0 Å². The third kappa shape index (κ3) is 8.26. The monoisotopic (exact) mass is 188 g/mol. The van der Waals surface area contributed by atoms with Gasteiger partial charge in [0, 0.05) is 0 Å². The highest BCUT2D eigenvalue weighted by Crippen LogP contribution is 2.14. The highest BCUT2D eigenvalue weighted by Gasteiger charge is 2.14. The summed E-state index contributed by atoms with van der Waals surface area (Å²) in [6, 6.07) is 0. The molecule has 2 nitrogen and oxygen atoms in total. The molecule has 80 valence electrons. The first kappa shape index (κ1) is 12.9. The summed E-state index contributed by atoms with van der Waals surface area (Å²) in [7, 11) is 0. The van der Waals surface area contributed by atoms with Crippen molar-refractivity contribution in [2.24, 2.45) is 11.8 Å². The van der Waals surface area contributed by atoms with Crippen LogP contribution in [0.25, 0.3) is 0 Å². The number of hydrogen-bond donors (Lipinski definition) is 2. The minimum atomic E-state index is -0.339. The maximum Gasteiger partial charge on any atom is 0.0567 e. The Kier molecular flexibility index (Phi) is 6.35. The van der Waals surface area contributed by atoms with E-state index in [9.17, 15) is 10.2 Å². The van der Waals surface area contributed by atoms with Crippen LogP contribution < -0.4 is 0 Å². The van der Waals surface area contributed by atoms with Gasteiger partial charge >= 0.3 is 0 Å². The second kappa shape index (κ2) is 6.39. The van der Waals surface area contributed by atoms with Crippen LogP contribution in [0.15, 0.2) is 0 Å². The van der Waals surface area contributed by atoms with Crippen molar-refractivity contribution in [3.8, 4) is 0 Å². The standard InChI is InChI=1S/C11H24O2/c1-8(2)5-10(12)7-11(13)6-9(3)4/h8-13H,5-7H2,1-4H3/t10-,11-/m1/s1. The van der Waals surface area contributed by atoms with Crippen LogP contribution in [0, 0.1) is 11.8 Å². The third-order valence-electron chi connectivity index (χ3n) is 2.03. The summed E-state index contributed by atoms with van der Waals surface area (Å²) in [5.41, 5.74) is 0. The van der Waals surface area contributed by atoms with Gasteiger partial charge in [0.1, 0.15) is 0 Å². The molecule has 0 unspecified atom stereocenters. The Hall–Kier alpha value is -0.0800. The van der Waals surface area contributed by atoms with Crippen molar-refractivity contribution in [2.45, 2.75) is 59.2 Å². The van der Waals surface area contributed by atoms with Gasteiger partial charge in [-0.2, -0.15) is 0 Å². The maximum absolute atomic E-state index is 9.54.